The smallest absolute Gasteiger partial charge is 0.253 e. The molecular formula is C15H20N2O2. The molecule has 0 bridgehead atoms. The van der Waals surface area contributed by atoms with Crippen LogP contribution in [-0.4, -0.2) is 34.8 Å². The van der Waals surface area contributed by atoms with Crippen LogP contribution in [0.2, 0.25) is 0 Å². The highest BCUT2D eigenvalue weighted by atomic mass is 16.4. The summed E-state index contributed by atoms with van der Waals surface area (Å²) in [5.74, 6) is 0.239. The molecular weight excluding hydrogens is 240 g/mol. The van der Waals surface area contributed by atoms with Crippen LogP contribution >= 0.6 is 0 Å². The van der Waals surface area contributed by atoms with E-state index in [1.54, 1.807) is 0 Å². The summed E-state index contributed by atoms with van der Waals surface area (Å²) in [5.41, 5.74) is 2.69. The molecule has 0 aliphatic carbocycles. The number of amides is 1. The van der Waals surface area contributed by atoms with Gasteiger partial charge in [0.05, 0.1) is 5.71 Å². The number of likely N-dealkylation sites (tertiary alicyclic amines) is 1. The number of oxime groups is 1. The quantitative estimate of drug-likeness (QED) is 0.656. The van der Waals surface area contributed by atoms with Gasteiger partial charge in [-0.1, -0.05) is 29.8 Å². The van der Waals surface area contributed by atoms with Gasteiger partial charge in [0.2, 0.25) is 0 Å². The molecule has 1 amide bonds. The molecule has 0 aromatic heterocycles. The zero-order valence-electron chi connectivity index (χ0n) is 11.5. The molecule has 0 saturated carbocycles. The van der Waals surface area contributed by atoms with Crippen LogP contribution in [0.5, 0.6) is 0 Å². The highest BCUT2D eigenvalue weighted by molar-refractivity contribution is 5.96. The molecule has 0 spiro atoms. The Bertz CT molecular complexity index is 479. The maximum Gasteiger partial charge on any atom is 0.253 e. The van der Waals surface area contributed by atoms with Crippen LogP contribution in [0.25, 0.3) is 0 Å². The molecule has 2 rings (SSSR count). The maximum atomic E-state index is 12.4. The zero-order valence-corrected chi connectivity index (χ0v) is 11.5. The average Bonchev–Trinajstić information content (AvgIpc) is 2.46. The van der Waals surface area contributed by atoms with Crippen molar-refractivity contribution in [2.45, 2.75) is 26.7 Å². The second kappa shape index (κ2) is 5.87. The first-order chi connectivity index (χ1) is 9.15. The van der Waals surface area contributed by atoms with Gasteiger partial charge in [0.25, 0.3) is 5.91 Å². The summed E-state index contributed by atoms with van der Waals surface area (Å²) in [4.78, 5) is 14.2. The van der Waals surface area contributed by atoms with Gasteiger partial charge < -0.3 is 10.1 Å². The van der Waals surface area contributed by atoms with Crippen molar-refractivity contribution in [3.05, 3.63) is 35.4 Å². The van der Waals surface area contributed by atoms with E-state index >= 15 is 0 Å². The Morgan fingerprint density at radius 2 is 2.11 bits per heavy atom. The summed E-state index contributed by atoms with van der Waals surface area (Å²) in [6.45, 7) is 5.33. The number of carbonyl (C=O) groups is 1. The van der Waals surface area contributed by atoms with Crippen molar-refractivity contribution in [3.8, 4) is 0 Å². The molecule has 1 aliphatic heterocycles. The topological polar surface area (TPSA) is 52.9 Å². The fourth-order valence-electron chi connectivity index (χ4n) is 2.48. The van der Waals surface area contributed by atoms with E-state index in [2.05, 4.69) is 12.1 Å². The van der Waals surface area contributed by atoms with Crippen molar-refractivity contribution in [1.29, 1.82) is 0 Å². The molecule has 1 saturated heterocycles. The van der Waals surface area contributed by atoms with Crippen LogP contribution in [0.15, 0.2) is 29.4 Å². The molecule has 19 heavy (non-hydrogen) atoms. The fourth-order valence-corrected chi connectivity index (χ4v) is 2.48. The van der Waals surface area contributed by atoms with E-state index in [0.29, 0.717) is 19.5 Å². The second-order valence-electron chi connectivity index (χ2n) is 5.06. The molecule has 0 radical (unpaired) electrons. The Morgan fingerprint density at radius 3 is 2.68 bits per heavy atom. The first-order valence-corrected chi connectivity index (χ1v) is 6.72. The third-order valence-corrected chi connectivity index (χ3v) is 3.76. The average molecular weight is 260 g/mol. The number of aryl methyl sites for hydroxylation is 1. The van der Waals surface area contributed by atoms with Gasteiger partial charge in [0.1, 0.15) is 0 Å². The first kappa shape index (κ1) is 13.6. The molecule has 1 N–H and O–H groups in total. The molecule has 1 aliphatic rings. The lowest BCUT2D eigenvalue weighted by atomic mass is 9.93. The van der Waals surface area contributed by atoms with Gasteiger partial charge in [-0.15, -0.1) is 0 Å². The van der Waals surface area contributed by atoms with Gasteiger partial charge >= 0.3 is 0 Å². The number of hydrogen-bond acceptors (Lipinski definition) is 3. The minimum atomic E-state index is 0.0652. The number of benzene rings is 1. The van der Waals surface area contributed by atoms with Crippen LogP contribution in [0.3, 0.4) is 0 Å². The van der Waals surface area contributed by atoms with Gasteiger partial charge in [0.15, 0.2) is 0 Å². The van der Waals surface area contributed by atoms with Crippen LogP contribution in [0.1, 0.15) is 35.7 Å². The summed E-state index contributed by atoms with van der Waals surface area (Å²) in [6.07, 6.45) is 1.55. The lowest BCUT2D eigenvalue weighted by molar-refractivity contribution is 0.0729. The van der Waals surface area contributed by atoms with Crippen LogP contribution in [-0.2, 0) is 0 Å². The standard InChI is InChI=1S/C15H20N2O2/c1-3-12-10-17(9-8-14(12)16-19)15(18)13-6-4-11(2)5-7-13/h4-7,12,19H,3,8-10H2,1-2H3/b16-14+. The van der Waals surface area contributed by atoms with Gasteiger partial charge in [-0.3, -0.25) is 4.79 Å². The van der Waals surface area contributed by atoms with E-state index in [1.165, 1.54) is 0 Å². The van der Waals surface area contributed by atoms with E-state index < -0.39 is 0 Å². The highest BCUT2D eigenvalue weighted by Crippen LogP contribution is 2.19. The zero-order chi connectivity index (χ0) is 13.8. The van der Waals surface area contributed by atoms with Crippen LogP contribution in [0.4, 0.5) is 0 Å². The minimum Gasteiger partial charge on any atom is -0.411 e. The van der Waals surface area contributed by atoms with Crippen LogP contribution < -0.4 is 0 Å². The number of nitrogens with zero attached hydrogens (tertiary/aromatic N) is 2. The Morgan fingerprint density at radius 1 is 1.42 bits per heavy atom. The monoisotopic (exact) mass is 260 g/mol. The molecule has 1 atom stereocenters. The number of hydrogen-bond donors (Lipinski definition) is 1. The Labute approximate surface area is 113 Å². The third kappa shape index (κ3) is 2.95. The van der Waals surface area contributed by atoms with Crippen molar-refractivity contribution >= 4 is 11.6 Å². The molecule has 1 fully saturated rings. The third-order valence-electron chi connectivity index (χ3n) is 3.76. The van der Waals surface area contributed by atoms with Crippen molar-refractivity contribution < 1.29 is 10.0 Å². The van der Waals surface area contributed by atoms with Crippen LogP contribution in [0, 0.1) is 12.8 Å². The van der Waals surface area contributed by atoms with Crippen molar-refractivity contribution in [1.82, 2.24) is 4.90 Å². The van der Waals surface area contributed by atoms with Gasteiger partial charge in [0, 0.05) is 31.0 Å². The first-order valence-electron chi connectivity index (χ1n) is 6.72. The number of rotatable bonds is 2. The summed E-state index contributed by atoms with van der Waals surface area (Å²) >= 11 is 0. The van der Waals surface area contributed by atoms with Gasteiger partial charge in [-0.25, -0.2) is 0 Å². The molecule has 4 nitrogen and oxygen atoms in total. The maximum absolute atomic E-state index is 12.4. The van der Waals surface area contributed by atoms with E-state index in [9.17, 15) is 4.79 Å². The molecule has 1 unspecified atom stereocenters. The largest absolute Gasteiger partial charge is 0.411 e. The summed E-state index contributed by atoms with van der Waals surface area (Å²) < 4.78 is 0. The van der Waals surface area contributed by atoms with Gasteiger partial charge in [-0.05, 0) is 25.5 Å². The van der Waals surface area contributed by atoms with Gasteiger partial charge in [-0.2, -0.15) is 0 Å². The van der Waals surface area contributed by atoms with E-state index in [-0.39, 0.29) is 11.8 Å². The Balaban J connectivity index is 2.10. The van der Waals surface area contributed by atoms with Crippen molar-refractivity contribution in [3.63, 3.8) is 0 Å². The molecule has 4 heteroatoms. The fraction of sp³-hybridized carbons (Fsp3) is 0.467. The molecule has 1 heterocycles. The van der Waals surface area contributed by atoms with E-state index in [4.69, 9.17) is 5.21 Å². The Hall–Kier alpha value is -1.84. The van der Waals surface area contributed by atoms with E-state index in [1.807, 2.05) is 36.1 Å². The lowest BCUT2D eigenvalue weighted by Crippen LogP contribution is -2.44. The van der Waals surface area contributed by atoms with E-state index in [0.717, 1.165) is 23.3 Å². The lowest BCUT2D eigenvalue weighted by Gasteiger charge is -2.32. The second-order valence-corrected chi connectivity index (χ2v) is 5.06. The molecule has 1 aromatic rings. The minimum absolute atomic E-state index is 0.0652. The Kier molecular flexibility index (Phi) is 4.20. The predicted molar refractivity (Wildman–Crippen MR) is 74.7 cm³/mol. The summed E-state index contributed by atoms with van der Waals surface area (Å²) in [7, 11) is 0. The number of carbonyl (C=O) groups excluding carboxylic acids is 1. The predicted octanol–water partition coefficient (Wildman–Crippen LogP) is 2.70. The normalized spacial score (nSPS) is 21.7. The number of piperidine rings is 1. The summed E-state index contributed by atoms with van der Waals surface area (Å²) in [6, 6.07) is 7.65. The van der Waals surface area contributed by atoms with Crippen molar-refractivity contribution in [2.75, 3.05) is 13.1 Å². The summed E-state index contributed by atoms with van der Waals surface area (Å²) in [5, 5.41) is 12.3. The highest BCUT2D eigenvalue weighted by Gasteiger charge is 2.28. The molecule has 1 aromatic carbocycles. The van der Waals surface area contributed by atoms with Crippen molar-refractivity contribution in [2.24, 2.45) is 11.1 Å². The molecule has 102 valence electrons. The SMILES string of the molecule is CCC1CN(C(=O)c2ccc(C)cc2)CC/C1=N\O.